The second-order valence-electron chi connectivity index (χ2n) is 9.67. The molecule has 2 amide bonds. The van der Waals surface area contributed by atoms with Crippen LogP contribution in [0, 0.1) is 11.6 Å². The van der Waals surface area contributed by atoms with E-state index in [2.05, 4.69) is 10.0 Å². The van der Waals surface area contributed by atoms with Gasteiger partial charge in [-0.3, -0.25) is 14.5 Å². The fraction of sp³-hybridized carbons (Fsp3) is 0.300. The zero-order valence-electron chi connectivity index (χ0n) is 21.8. The second kappa shape index (κ2) is 12.7. The van der Waals surface area contributed by atoms with Crippen LogP contribution < -0.4 is 0 Å². The van der Waals surface area contributed by atoms with E-state index < -0.39 is 29.5 Å². The monoisotopic (exact) mass is 566 g/mol. The van der Waals surface area contributed by atoms with Gasteiger partial charge in [-0.15, -0.1) is 0 Å². The highest BCUT2D eigenvalue weighted by Gasteiger charge is 2.36. The van der Waals surface area contributed by atoms with Crippen molar-refractivity contribution in [1.29, 1.82) is 0 Å². The molecule has 0 spiro atoms. The zero-order chi connectivity index (χ0) is 28.1. The molecule has 2 aliphatic heterocycles. The van der Waals surface area contributed by atoms with Gasteiger partial charge in [-0.25, -0.2) is 13.8 Å². The predicted molar refractivity (Wildman–Crippen MR) is 148 cm³/mol. The number of hydrogen-bond acceptors (Lipinski definition) is 5. The Morgan fingerprint density at radius 1 is 0.950 bits per heavy atom. The summed E-state index contributed by atoms with van der Waals surface area (Å²) in [6, 6.07) is 18.2. The lowest BCUT2D eigenvalue weighted by atomic mass is 9.97. The number of ether oxygens (including phenoxy) is 1. The molecule has 40 heavy (non-hydrogen) atoms. The summed E-state index contributed by atoms with van der Waals surface area (Å²) < 4.78 is 35.0. The first-order valence-electron chi connectivity index (χ1n) is 13.1. The molecule has 2 heterocycles. The van der Waals surface area contributed by atoms with Crippen LogP contribution in [0.3, 0.4) is 0 Å². The summed E-state index contributed by atoms with van der Waals surface area (Å²) in [7, 11) is 0. The Hall–Kier alpha value is -3.66. The normalized spacial score (nSPS) is 17.5. The summed E-state index contributed by atoms with van der Waals surface area (Å²) in [5, 5.41) is 5.94. The van der Waals surface area contributed by atoms with Gasteiger partial charge in [-0.2, -0.15) is 5.10 Å². The minimum atomic E-state index is -0.792. The van der Waals surface area contributed by atoms with Gasteiger partial charge < -0.3 is 9.64 Å². The molecule has 3 aromatic rings. The number of carbonyl (C=O) groups excluding carboxylic acids is 2. The number of amides is 2. The van der Waals surface area contributed by atoms with Crippen molar-refractivity contribution in [3.63, 3.8) is 0 Å². The number of carbonyl (C=O) groups is 2. The zero-order valence-corrected chi connectivity index (χ0v) is 22.6. The third-order valence-electron chi connectivity index (χ3n) is 7.12. The number of hydrogen-bond donors (Lipinski definition) is 0. The fourth-order valence-corrected chi connectivity index (χ4v) is 5.18. The average molecular weight is 567 g/mol. The van der Waals surface area contributed by atoms with Crippen molar-refractivity contribution in [2.24, 2.45) is 5.10 Å². The lowest BCUT2D eigenvalue weighted by Crippen LogP contribution is -2.46. The Balaban J connectivity index is 1.44. The molecule has 1 atom stereocenters. The van der Waals surface area contributed by atoms with E-state index in [1.807, 2.05) is 0 Å². The molecular weight excluding hydrogens is 538 g/mol. The molecule has 0 saturated carbocycles. The van der Waals surface area contributed by atoms with Gasteiger partial charge in [-0.05, 0) is 24.3 Å². The van der Waals surface area contributed by atoms with Crippen LogP contribution in [0.5, 0.6) is 0 Å². The minimum absolute atomic E-state index is 0.125. The van der Waals surface area contributed by atoms with Gasteiger partial charge in [0.2, 0.25) is 0 Å². The summed E-state index contributed by atoms with van der Waals surface area (Å²) in [5.74, 6) is -1.88. The Morgan fingerprint density at radius 2 is 1.62 bits per heavy atom. The van der Waals surface area contributed by atoms with Gasteiger partial charge in [0.1, 0.15) is 18.2 Å². The van der Waals surface area contributed by atoms with Crippen molar-refractivity contribution < 1.29 is 23.1 Å². The SMILES string of the molecule is O=C(c1ccccc1Cl)N(CCN1CCOCC1)CC(=O)N1N=C(c2ccccc2F)C[C@@H]1c1ccccc1F. The molecule has 0 N–H and O–H groups in total. The summed E-state index contributed by atoms with van der Waals surface area (Å²) in [6.45, 7) is 3.13. The highest BCUT2D eigenvalue weighted by Crippen LogP contribution is 2.35. The van der Waals surface area contributed by atoms with E-state index in [1.165, 1.54) is 22.0 Å². The van der Waals surface area contributed by atoms with E-state index in [1.54, 1.807) is 60.7 Å². The maximum atomic E-state index is 14.9. The molecule has 208 valence electrons. The van der Waals surface area contributed by atoms with Crippen LogP contribution in [0.2, 0.25) is 5.02 Å². The average Bonchev–Trinajstić information content (AvgIpc) is 3.41. The molecule has 3 aromatic carbocycles. The van der Waals surface area contributed by atoms with Gasteiger partial charge in [0.05, 0.1) is 35.6 Å². The van der Waals surface area contributed by atoms with Crippen LogP contribution in [0.4, 0.5) is 8.78 Å². The molecule has 2 aliphatic rings. The molecule has 0 radical (unpaired) electrons. The van der Waals surface area contributed by atoms with E-state index >= 15 is 0 Å². The van der Waals surface area contributed by atoms with Crippen LogP contribution in [-0.4, -0.2) is 78.3 Å². The van der Waals surface area contributed by atoms with Gasteiger partial charge in [0, 0.05) is 43.7 Å². The van der Waals surface area contributed by atoms with E-state index in [-0.39, 0.29) is 41.2 Å². The molecule has 7 nitrogen and oxygen atoms in total. The number of morpholine rings is 1. The number of hydrazone groups is 1. The van der Waals surface area contributed by atoms with Crippen LogP contribution >= 0.6 is 11.6 Å². The number of nitrogens with zero attached hydrogens (tertiary/aromatic N) is 4. The third kappa shape index (κ3) is 6.22. The summed E-state index contributed by atoms with van der Waals surface area (Å²) in [5.41, 5.74) is 1.12. The summed E-state index contributed by atoms with van der Waals surface area (Å²) >= 11 is 6.33. The van der Waals surface area contributed by atoms with Crippen molar-refractivity contribution in [2.75, 3.05) is 45.9 Å². The fourth-order valence-electron chi connectivity index (χ4n) is 4.97. The van der Waals surface area contributed by atoms with Crippen molar-refractivity contribution in [3.05, 3.63) is 106 Å². The summed E-state index contributed by atoms with van der Waals surface area (Å²) in [6.07, 6.45) is 0.125. The highest BCUT2D eigenvalue weighted by atomic mass is 35.5. The van der Waals surface area contributed by atoms with E-state index in [0.29, 0.717) is 25.5 Å². The van der Waals surface area contributed by atoms with Gasteiger partial charge in [0.25, 0.3) is 11.8 Å². The molecule has 10 heteroatoms. The topological polar surface area (TPSA) is 65.5 Å². The molecule has 1 saturated heterocycles. The van der Waals surface area contributed by atoms with Gasteiger partial charge >= 0.3 is 0 Å². The van der Waals surface area contributed by atoms with Gasteiger partial charge in [0.15, 0.2) is 0 Å². The van der Waals surface area contributed by atoms with E-state index in [9.17, 15) is 18.4 Å². The Morgan fingerprint density at radius 3 is 2.35 bits per heavy atom. The Bertz CT molecular complexity index is 1410. The molecule has 5 rings (SSSR count). The van der Waals surface area contributed by atoms with E-state index in [4.69, 9.17) is 16.3 Å². The number of halogens is 3. The largest absolute Gasteiger partial charge is 0.379 e. The lowest BCUT2D eigenvalue weighted by molar-refractivity contribution is -0.133. The quantitative estimate of drug-likeness (QED) is 0.394. The smallest absolute Gasteiger partial charge is 0.262 e. The Kier molecular flexibility index (Phi) is 8.84. The minimum Gasteiger partial charge on any atom is -0.379 e. The van der Waals surface area contributed by atoms with Crippen LogP contribution in [0.1, 0.15) is 33.9 Å². The van der Waals surface area contributed by atoms with Crippen molar-refractivity contribution in [1.82, 2.24) is 14.8 Å². The maximum Gasteiger partial charge on any atom is 0.262 e. The highest BCUT2D eigenvalue weighted by molar-refractivity contribution is 6.33. The standard InChI is InChI=1S/C30H29ClF2N4O3/c31-24-10-4-1-7-21(24)30(39)36(14-13-35-15-17-40-18-16-35)20-29(38)37-28(23-9-3-6-12-26(23)33)19-27(34-37)22-8-2-5-11-25(22)32/h1-12,28H,13-20H2/t28-/m1/s1. The van der Waals surface area contributed by atoms with Crippen LogP contribution in [0.25, 0.3) is 0 Å². The molecule has 1 fully saturated rings. The molecule has 0 bridgehead atoms. The van der Waals surface area contributed by atoms with Crippen LogP contribution in [0.15, 0.2) is 77.9 Å². The predicted octanol–water partition coefficient (Wildman–Crippen LogP) is 4.77. The Labute approximate surface area is 236 Å². The molecule has 0 unspecified atom stereocenters. The molecule has 0 aromatic heterocycles. The summed E-state index contributed by atoms with van der Waals surface area (Å²) in [4.78, 5) is 31.0. The van der Waals surface area contributed by atoms with Crippen LogP contribution in [-0.2, 0) is 9.53 Å². The van der Waals surface area contributed by atoms with Crippen molar-refractivity contribution in [2.45, 2.75) is 12.5 Å². The second-order valence-corrected chi connectivity index (χ2v) is 10.1. The molecule has 0 aliphatic carbocycles. The van der Waals surface area contributed by atoms with E-state index in [0.717, 1.165) is 13.1 Å². The maximum absolute atomic E-state index is 14.9. The van der Waals surface area contributed by atoms with Crippen molar-refractivity contribution in [3.8, 4) is 0 Å². The first-order chi connectivity index (χ1) is 19.4. The lowest BCUT2D eigenvalue weighted by Gasteiger charge is -2.31. The number of benzene rings is 3. The molecular formula is C30H29ClF2N4O3. The first-order valence-corrected chi connectivity index (χ1v) is 13.5. The third-order valence-corrected chi connectivity index (χ3v) is 7.45. The number of rotatable bonds is 8. The van der Waals surface area contributed by atoms with Gasteiger partial charge in [-0.1, -0.05) is 60.1 Å². The van der Waals surface area contributed by atoms with Crippen molar-refractivity contribution >= 4 is 29.1 Å². The first kappa shape index (κ1) is 27.9.